The normalized spacial score (nSPS) is 20.3. The first kappa shape index (κ1) is 25.2. The van der Waals surface area contributed by atoms with Gasteiger partial charge in [-0.25, -0.2) is 9.78 Å². The van der Waals surface area contributed by atoms with Crippen molar-refractivity contribution in [3.8, 4) is 5.75 Å². The number of allylic oxidation sites excluding steroid dienone is 1. The number of rotatable bonds is 9. The number of hydrogen-bond donors (Lipinski definition) is 0. The van der Waals surface area contributed by atoms with Crippen LogP contribution in [0.2, 0.25) is 5.15 Å². The van der Waals surface area contributed by atoms with Crippen LogP contribution in [0, 0.1) is 0 Å². The number of ether oxygens (including phenoxy) is 3. The zero-order valence-electron chi connectivity index (χ0n) is 20.2. The third-order valence-corrected chi connectivity index (χ3v) is 6.60. The van der Waals surface area contributed by atoms with E-state index in [1.165, 1.54) is 0 Å². The van der Waals surface area contributed by atoms with Crippen LogP contribution in [-0.2, 0) is 25.7 Å². The van der Waals surface area contributed by atoms with Crippen molar-refractivity contribution >= 4 is 23.5 Å². The molecule has 1 aromatic heterocycles. The van der Waals surface area contributed by atoms with Gasteiger partial charge in [-0.05, 0) is 55.5 Å². The van der Waals surface area contributed by atoms with Crippen LogP contribution in [0.1, 0.15) is 56.6 Å². The quantitative estimate of drug-likeness (QED) is 0.356. The van der Waals surface area contributed by atoms with Crippen LogP contribution >= 0.6 is 11.6 Å². The second-order valence-electron chi connectivity index (χ2n) is 8.88. The lowest BCUT2D eigenvalue weighted by Gasteiger charge is -2.35. The minimum atomic E-state index is -0.453. The van der Waals surface area contributed by atoms with Crippen molar-refractivity contribution in [1.82, 2.24) is 9.88 Å². The van der Waals surface area contributed by atoms with Crippen molar-refractivity contribution in [1.29, 1.82) is 0 Å². The Kier molecular flexibility index (Phi) is 8.42. The summed E-state index contributed by atoms with van der Waals surface area (Å²) in [7, 11) is 0. The molecule has 0 N–H and O–H groups in total. The molecular formula is C27H31ClN2O5. The van der Waals surface area contributed by atoms with Crippen molar-refractivity contribution in [3.05, 3.63) is 70.1 Å². The number of esters is 1. The number of nitrogens with zero attached hydrogens (tertiary/aromatic N) is 2. The summed E-state index contributed by atoms with van der Waals surface area (Å²) in [5.74, 6) is -0.160. The van der Waals surface area contributed by atoms with E-state index in [-0.39, 0.29) is 25.0 Å². The summed E-state index contributed by atoms with van der Waals surface area (Å²) >= 11 is 5.97. The van der Waals surface area contributed by atoms with Gasteiger partial charge in [0.05, 0.1) is 24.8 Å². The van der Waals surface area contributed by atoms with Crippen molar-refractivity contribution in [2.24, 2.45) is 0 Å². The zero-order valence-corrected chi connectivity index (χ0v) is 20.9. The molecule has 0 aliphatic carbocycles. The van der Waals surface area contributed by atoms with Gasteiger partial charge in [0.25, 0.3) is 0 Å². The average Bonchev–Trinajstić information content (AvgIpc) is 3.38. The van der Waals surface area contributed by atoms with E-state index in [0.29, 0.717) is 36.2 Å². The van der Waals surface area contributed by atoms with Crippen LogP contribution in [0.15, 0.2) is 53.9 Å². The van der Waals surface area contributed by atoms with Gasteiger partial charge in [0.1, 0.15) is 17.5 Å². The number of amides is 1. The van der Waals surface area contributed by atoms with Gasteiger partial charge in [0.2, 0.25) is 5.91 Å². The SMILES string of the molecule is CCCOc1ccc(COC(=O)C2=C(C)N(CC3CCCO3)C(=O)CC2c2ccc(Cl)nc2)cc1. The molecule has 0 saturated carbocycles. The van der Waals surface area contributed by atoms with Gasteiger partial charge in [-0.3, -0.25) is 4.79 Å². The smallest absolute Gasteiger partial charge is 0.336 e. The van der Waals surface area contributed by atoms with Gasteiger partial charge in [0.15, 0.2) is 0 Å². The van der Waals surface area contributed by atoms with Gasteiger partial charge in [-0.1, -0.05) is 36.7 Å². The third kappa shape index (κ3) is 6.21. The third-order valence-electron chi connectivity index (χ3n) is 6.37. The summed E-state index contributed by atoms with van der Waals surface area (Å²) in [6.07, 6.45) is 4.57. The predicted octanol–water partition coefficient (Wildman–Crippen LogP) is 5.04. The lowest BCUT2D eigenvalue weighted by molar-refractivity contribution is -0.141. The summed E-state index contributed by atoms with van der Waals surface area (Å²) in [6.45, 7) is 5.77. The summed E-state index contributed by atoms with van der Waals surface area (Å²) in [6, 6.07) is 11.0. The molecule has 1 saturated heterocycles. The number of pyridine rings is 1. The fraction of sp³-hybridized carbons (Fsp3) is 0.444. The Hall–Kier alpha value is -2.90. The van der Waals surface area contributed by atoms with Crippen LogP contribution < -0.4 is 4.74 Å². The highest BCUT2D eigenvalue weighted by atomic mass is 35.5. The largest absolute Gasteiger partial charge is 0.494 e. The maximum Gasteiger partial charge on any atom is 0.336 e. The van der Waals surface area contributed by atoms with E-state index in [4.69, 9.17) is 25.8 Å². The fourth-order valence-electron chi connectivity index (χ4n) is 4.50. The highest BCUT2D eigenvalue weighted by molar-refractivity contribution is 6.29. The van der Waals surface area contributed by atoms with Crippen molar-refractivity contribution in [3.63, 3.8) is 0 Å². The van der Waals surface area contributed by atoms with Crippen LogP contribution in [0.25, 0.3) is 0 Å². The first-order valence-electron chi connectivity index (χ1n) is 12.1. The standard InChI is InChI=1S/C27H31ClN2O5/c1-3-12-33-21-9-6-19(7-10-21)17-35-27(32)26-18(2)30(16-22-5-4-13-34-22)25(31)14-23(26)20-8-11-24(28)29-15-20/h6-11,15,22-23H,3-5,12-14,16-17H2,1-2H3. The Labute approximate surface area is 211 Å². The molecule has 35 heavy (non-hydrogen) atoms. The number of carbonyl (C=O) groups excluding carboxylic acids is 2. The van der Waals surface area contributed by atoms with Crippen LogP contribution in [-0.4, -0.2) is 47.6 Å². The minimum Gasteiger partial charge on any atom is -0.494 e. The van der Waals surface area contributed by atoms with E-state index in [2.05, 4.69) is 11.9 Å². The van der Waals surface area contributed by atoms with Gasteiger partial charge >= 0.3 is 5.97 Å². The summed E-state index contributed by atoms with van der Waals surface area (Å²) in [5.41, 5.74) is 2.68. The van der Waals surface area contributed by atoms with E-state index in [1.54, 1.807) is 30.2 Å². The number of hydrogen-bond acceptors (Lipinski definition) is 6. The molecule has 8 heteroatoms. The first-order valence-corrected chi connectivity index (χ1v) is 12.5. The van der Waals surface area contributed by atoms with Crippen molar-refractivity contribution in [2.45, 2.75) is 58.2 Å². The Balaban J connectivity index is 1.55. The molecule has 4 rings (SSSR count). The summed E-state index contributed by atoms with van der Waals surface area (Å²) < 4.78 is 17.1. The number of halogens is 1. The molecule has 1 amide bonds. The summed E-state index contributed by atoms with van der Waals surface area (Å²) in [5, 5.41) is 0.354. The van der Waals surface area contributed by atoms with E-state index < -0.39 is 11.9 Å². The second-order valence-corrected chi connectivity index (χ2v) is 9.27. The maximum absolute atomic E-state index is 13.4. The average molecular weight is 499 g/mol. The molecule has 0 radical (unpaired) electrons. The molecule has 3 heterocycles. The molecule has 7 nitrogen and oxygen atoms in total. The topological polar surface area (TPSA) is 78.0 Å². The van der Waals surface area contributed by atoms with Crippen LogP contribution in [0.4, 0.5) is 0 Å². The minimum absolute atomic E-state index is 0.0200. The lowest BCUT2D eigenvalue weighted by Crippen LogP contribution is -2.42. The molecule has 0 bridgehead atoms. The number of benzene rings is 1. The monoisotopic (exact) mass is 498 g/mol. The Morgan fingerprint density at radius 1 is 1.23 bits per heavy atom. The van der Waals surface area contributed by atoms with Crippen LogP contribution in [0.5, 0.6) is 5.75 Å². The molecule has 186 valence electrons. The van der Waals surface area contributed by atoms with Crippen molar-refractivity contribution < 1.29 is 23.8 Å². The molecule has 1 aromatic carbocycles. The van der Waals surface area contributed by atoms with E-state index in [9.17, 15) is 9.59 Å². The highest BCUT2D eigenvalue weighted by Gasteiger charge is 2.38. The van der Waals surface area contributed by atoms with Crippen LogP contribution in [0.3, 0.4) is 0 Å². The zero-order chi connectivity index (χ0) is 24.8. The number of aromatic nitrogens is 1. The maximum atomic E-state index is 13.4. The fourth-order valence-corrected chi connectivity index (χ4v) is 4.61. The lowest BCUT2D eigenvalue weighted by atomic mass is 9.84. The second kappa shape index (κ2) is 11.7. The van der Waals surface area contributed by atoms with Gasteiger partial charge in [0, 0.05) is 30.8 Å². The van der Waals surface area contributed by atoms with Gasteiger partial charge in [-0.2, -0.15) is 0 Å². The number of carbonyl (C=O) groups is 2. The van der Waals surface area contributed by atoms with E-state index in [0.717, 1.165) is 36.1 Å². The Bertz CT molecular complexity index is 1060. The molecule has 2 aromatic rings. The molecule has 2 unspecified atom stereocenters. The van der Waals surface area contributed by atoms with E-state index >= 15 is 0 Å². The molecule has 2 atom stereocenters. The predicted molar refractivity (Wildman–Crippen MR) is 132 cm³/mol. The molecule has 2 aliphatic heterocycles. The highest BCUT2D eigenvalue weighted by Crippen LogP contribution is 2.37. The van der Waals surface area contributed by atoms with Gasteiger partial charge < -0.3 is 19.1 Å². The first-order chi connectivity index (χ1) is 17.0. The molecule has 2 aliphatic rings. The molecular weight excluding hydrogens is 468 g/mol. The summed E-state index contributed by atoms with van der Waals surface area (Å²) in [4.78, 5) is 32.4. The van der Waals surface area contributed by atoms with Gasteiger partial charge in [-0.15, -0.1) is 0 Å². The van der Waals surface area contributed by atoms with Crippen molar-refractivity contribution in [2.75, 3.05) is 19.8 Å². The Morgan fingerprint density at radius 3 is 2.69 bits per heavy atom. The molecule has 0 spiro atoms. The van der Waals surface area contributed by atoms with E-state index in [1.807, 2.05) is 24.3 Å². The Morgan fingerprint density at radius 2 is 2.03 bits per heavy atom. The molecule has 1 fully saturated rings.